The number of nitrogens with two attached hydrogens (primary N) is 1. The van der Waals surface area contributed by atoms with Crippen LogP contribution in [0.4, 0.5) is 10.9 Å². The van der Waals surface area contributed by atoms with E-state index < -0.39 is 5.91 Å². The van der Waals surface area contributed by atoms with Crippen molar-refractivity contribution < 1.29 is 4.79 Å². The molecule has 0 saturated carbocycles. The van der Waals surface area contributed by atoms with Gasteiger partial charge in [-0.1, -0.05) is 17.4 Å². The number of nitrogens with zero attached hydrogens (tertiary/aromatic N) is 3. The van der Waals surface area contributed by atoms with Crippen LogP contribution in [-0.2, 0) is 0 Å². The Hall–Kier alpha value is -2.48. The maximum Gasteiger partial charge on any atom is 0.281 e. The Bertz CT molecular complexity index is 761. The number of anilines is 2. The average molecular weight is 274 g/mol. The Balaban J connectivity index is 1.89. The number of benzene rings is 1. The lowest BCUT2D eigenvalue weighted by Gasteiger charge is -1.96. The van der Waals surface area contributed by atoms with Gasteiger partial charge in [-0.3, -0.25) is 10.1 Å². The number of aromatic amines is 1. The Morgan fingerprint density at radius 2 is 2.26 bits per heavy atom. The number of aromatic nitrogens is 4. The van der Waals surface area contributed by atoms with E-state index in [4.69, 9.17) is 5.73 Å². The molecule has 0 aliphatic heterocycles. The quantitative estimate of drug-likeness (QED) is 0.657. The number of hydrogen-bond donors (Lipinski definition) is 3. The van der Waals surface area contributed by atoms with Crippen LogP contribution in [-0.4, -0.2) is 26.3 Å². The van der Waals surface area contributed by atoms with Gasteiger partial charge in [0.15, 0.2) is 16.6 Å². The van der Waals surface area contributed by atoms with Gasteiger partial charge in [0, 0.05) is 0 Å². The molecule has 0 aliphatic rings. The molecule has 2 aromatic heterocycles. The van der Waals surface area contributed by atoms with Gasteiger partial charge in [0.2, 0.25) is 0 Å². The minimum atomic E-state index is -0.429. The van der Waals surface area contributed by atoms with Crippen LogP contribution < -0.4 is 11.1 Å². The molecular weight excluding hydrogens is 264 g/mol. The third-order valence-corrected chi connectivity index (χ3v) is 3.49. The second-order valence-electron chi connectivity index (χ2n) is 4.00. The van der Waals surface area contributed by atoms with E-state index in [0.29, 0.717) is 5.13 Å². The van der Waals surface area contributed by atoms with Crippen LogP contribution in [0.2, 0.25) is 0 Å². The lowest BCUT2D eigenvalue weighted by atomic mass is 10.2. The summed E-state index contributed by atoms with van der Waals surface area (Å²) in [7, 11) is 0. The minimum Gasteiger partial charge on any atom is -0.380 e. The number of amides is 1. The van der Waals surface area contributed by atoms with Crippen LogP contribution in [0.5, 0.6) is 0 Å². The zero-order valence-corrected chi connectivity index (χ0v) is 10.8. The maximum atomic E-state index is 11.9. The lowest BCUT2D eigenvalue weighted by molar-refractivity contribution is 0.102. The Labute approximate surface area is 111 Å². The number of rotatable bonds is 2. The topological polar surface area (TPSA) is 110 Å². The standard InChI is InChI=1S/C11H10N6OS/c1-5-2-3-6-7(4-5)19-11(13-6)14-10(18)8-9(12)16-17-15-8/h2-4H,1H3,(H,13,14,18)(H3,12,15,16,17). The fourth-order valence-corrected chi connectivity index (χ4v) is 2.61. The van der Waals surface area contributed by atoms with Crippen molar-refractivity contribution in [2.24, 2.45) is 0 Å². The molecule has 0 fully saturated rings. The van der Waals surface area contributed by atoms with Gasteiger partial charge in [-0.05, 0) is 24.6 Å². The minimum absolute atomic E-state index is 0.0643. The number of hydrogen-bond acceptors (Lipinski definition) is 6. The molecule has 0 radical (unpaired) electrons. The predicted octanol–water partition coefficient (Wildman–Crippen LogP) is 1.56. The molecule has 1 amide bonds. The van der Waals surface area contributed by atoms with Crippen LogP contribution in [0.3, 0.4) is 0 Å². The molecule has 1 aromatic carbocycles. The molecule has 3 aromatic rings. The molecule has 2 heterocycles. The zero-order valence-electron chi connectivity index (χ0n) is 9.97. The van der Waals surface area contributed by atoms with Crippen LogP contribution in [0.1, 0.15) is 16.1 Å². The van der Waals surface area contributed by atoms with Crippen molar-refractivity contribution >= 4 is 38.4 Å². The number of nitrogen functional groups attached to an aromatic ring is 1. The summed E-state index contributed by atoms with van der Waals surface area (Å²) >= 11 is 1.40. The number of carbonyl (C=O) groups is 1. The van der Waals surface area contributed by atoms with Gasteiger partial charge in [0.25, 0.3) is 5.91 Å². The van der Waals surface area contributed by atoms with Crippen molar-refractivity contribution in [3.63, 3.8) is 0 Å². The van der Waals surface area contributed by atoms with E-state index in [-0.39, 0.29) is 11.5 Å². The SMILES string of the molecule is Cc1ccc2nc(NC(=O)c3n[nH]nc3N)sc2c1. The van der Waals surface area contributed by atoms with Crippen molar-refractivity contribution in [1.29, 1.82) is 0 Å². The fraction of sp³-hybridized carbons (Fsp3) is 0.0909. The van der Waals surface area contributed by atoms with E-state index in [1.54, 1.807) is 0 Å². The van der Waals surface area contributed by atoms with Crippen molar-refractivity contribution in [3.8, 4) is 0 Å². The summed E-state index contributed by atoms with van der Waals surface area (Å²) in [4.78, 5) is 16.2. The van der Waals surface area contributed by atoms with E-state index in [1.165, 1.54) is 11.3 Å². The molecule has 0 aliphatic carbocycles. The van der Waals surface area contributed by atoms with Crippen LogP contribution in [0, 0.1) is 6.92 Å². The Morgan fingerprint density at radius 3 is 3.00 bits per heavy atom. The van der Waals surface area contributed by atoms with Crippen LogP contribution in [0.15, 0.2) is 18.2 Å². The molecule has 96 valence electrons. The third kappa shape index (κ3) is 2.13. The summed E-state index contributed by atoms with van der Waals surface area (Å²) in [5.41, 5.74) is 7.57. The van der Waals surface area contributed by atoms with Gasteiger partial charge >= 0.3 is 0 Å². The summed E-state index contributed by atoms with van der Waals surface area (Å²) < 4.78 is 1.02. The van der Waals surface area contributed by atoms with E-state index in [1.807, 2.05) is 25.1 Å². The van der Waals surface area contributed by atoms with E-state index in [2.05, 4.69) is 25.7 Å². The molecule has 19 heavy (non-hydrogen) atoms. The highest BCUT2D eigenvalue weighted by atomic mass is 32.1. The summed E-state index contributed by atoms with van der Waals surface area (Å²) in [6.45, 7) is 2.01. The van der Waals surface area contributed by atoms with E-state index in [9.17, 15) is 4.79 Å². The molecule has 0 unspecified atom stereocenters. The number of fused-ring (bicyclic) bond motifs is 1. The normalized spacial score (nSPS) is 10.8. The number of carbonyl (C=O) groups excluding carboxylic acids is 1. The van der Waals surface area contributed by atoms with Crippen LogP contribution in [0.25, 0.3) is 10.2 Å². The van der Waals surface area contributed by atoms with Crippen molar-refractivity contribution in [1.82, 2.24) is 20.4 Å². The summed E-state index contributed by atoms with van der Waals surface area (Å²) in [5, 5.41) is 12.7. The average Bonchev–Trinajstić information content (AvgIpc) is 2.94. The molecule has 0 bridgehead atoms. The van der Waals surface area contributed by atoms with Crippen molar-refractivity contribution in [3.05, 3.63) is 29.5 Å². The van der Waals surface area contributed by atoms with Gasteiger partial charge in [0.05, 0.1) is 10.2 Å². The summed E-state index contributed by atoms with van der Waals surface area (Å²) in [6.07, 6.45) is 0. The molecule has 0 spiro atoms. The highest BCUT2D eigenvalue weighted by molar-refractivity contribution is 7.22. The van der Waals surface area contributed by atoms with Gasteiger partial charge in [-0.15, -0.1) is 10.2 Å². The van der Waals surface area contributed by atoms with E-state index >= 15 is 0 Å². The molecule has 4 N–H and O–H groups in total. The lowest BCUT2D eigenvalue weighted by Crippen LogP contribution is -2.14. The van der Waals surface area contributed by atoms with Crippen LogP contribution >= 0.6 is 11.3 Å². The Morgan fingerprint density at radius 1 is 1.42 bits per heavy atom. The summed E-state index contributed by atoms with van der Waals surface area (Å²) in [6, 6.07) is 5.91. The third-order valence-electron chi connectivity index (χ3n) is 2.55. The van der Waals surface area contributed by atoms with Gasteiger partial charge in [0.1, 0.15) is 0 Å². The molecule has 8 heteroatoms. The highest BCUT2D eigenvalue weighted by Gasteiger charge is 2.16. The first-order valence-corrected chi connectivity index (χ1v) is 6.30. The number of H-pyrrole nitrogens is 1. The Kier molecular flexibility index (Phi) is 2.64. The first-order chi connectivity index (χ1) is 9.13. The van der Waals surface area contributed by atoms with Gasteiger partial charge < -0.3 is 5.73 Å². The second kappa shape index (κ2) is 4.32. The largest absolute Gasteiger partial charge is 0.380 e. The smallest absolute Gasteiger partial charge is 0.281 e. The van der Waals surface area contributed by atoms with Crippen molar-refractivity contribution in [2.45, 2.75) is 6.92 Å². The highest BCUT2D eigenvalue weighted by Crippen LogP contribution is 2.27. The molecule has 0 atom stereocenters. The zero-order chi connectivity index (χ0) is 13.4. The molecule has 7 nitrogen and oxygen atoms in total. The first-order valence-electron chi connectivity index (χ1n) is 5.48. The molecule has 3 rings (SSSR count). The monoisotopic (exact) mass is 274 g/mol. The van der Waals surface area contributed by atoms with Gasteiger partial charge in [-0.2, -0.15) is 5.21 Å². The molecule has 0 saturated heterocycles. The van der Waals surface area contributed by atoms with E-state index in [0.717, 1.165) is 15.8 Å². The second-order valence-corrected chi connectivity index (χ2v) is 5.03. The van der Waals surface area contributed by atoms with Crippen molar-refractivity contribution in [2.75, 3.05) is 11.1 Å². The molecular formula is C11H10N6OS. The number of nitrogens with one attached hydrogen (secondary N) is 2. The predicted molar refractivity (Wildman–Crippen MR) is 73.1 cm³/mol. The number of aryl methyl sites for hydroxylation is 1. The number of thiazole rings is 1. The first kappa shape index (κ1) is 11.6. The maximum absolute atomic E-state index is 11.9. The summed E-state index contributed by atoms with van der Waals surface area (Å²) in [5.74, 6) is -0.364. The fourth-order valence-electron chi connectivity index (χ4n) is 1.65. The van der Waals surface area contributed by atoms with Gasteiger partial charge in [-0.25, -0.2) is 4.98 Å².